The van der Waals surface area contributed by atoms with Crippen LogP contribution in [0.4, 0.5) is 0 Å². The van der Waals surface area contributed by atoms with Gasteiger partial charge in [-0.25, -0.2) is 0 Å². The monoisotopic (exact) mass is 154 g/mol. The number of rotatable bonds is 2. The molecular formula is C9H18N2. The van der Waals surface area contributed by atoms with E-state index in [1.54, 1.807) is 0 Å². The zero-order valence-electron chi connectivity index (χ0n) is 7.34. The fraction of sp³-hybridized carbons (Fsp3) is 1.00. The van der Waals surface area contributed by atoms with Crippen LogP contribution in [-0.2, 0) is 0 Å². The SMILES string of the molecule is CN1CCC[C@H](NC2CC2)C1. The maximum Gasteiger partial charge on any atom is 0.0197 e. The molecular weight excluding hydrogens is 136 g/mol. The summed E-state index contributed by atoms with van der Waals surface area (Å²) in [6.07, 6.45) is 5.60. The van der Waals surface area contributed by atoms with Crippen molar-refractivity contribution >= 4 is 0 Å². The van der Waals surface area contributed by atoms with E-state index in [2.05, 4.69) is 17.3 Å². The van der Waals surface area contributed by atoms with Crippen molar-refractivity contribution in [1.82, 2.24) is 10.2 Å². The summed E-state index contributed by atoms with van der Waals surface area (Å²) >= 11 is 0. The molecule has 2 fully saturated rings. The van der Waals surface area contributed by atoms with E-state index in [-0.39, 0.29) is 0 Å². The molecule has 0 aromatic carbocycles. The van der Waals surface area contributed by atoms with Crippen LogP contribution in [0.2, 0.25) is 0 Å². The van der Waals surface area contributed by atoms with E-state index in [9.17, 15) is 0 Å². The number of hydrogen-bond acceptors (Lipinski definition) is 2. The van der Waals surface area contributed by atoms with E-state index >= 15 is 0 Å². The maximum absolute atomic E-state index is 3.68. The standard InChI is InChI=1S/C9H18N2/c1-11-6-2-3-9(7-11)10-8-4-5-8/h8-10H,2-7H2,1H3/t9-/m0/s1. The highest BCUT2D eigenvalue weighted by Crippen LogP contribution is 2.21. The lowest BCUT2D eigenvalue weighted by Gasteiger charge is -2.30. The van der Waals surface area contributed by atoms with E-state index in [0.717, 1.165) is 12.1 Å². The van der Waals surface area contributed by atoms with E-state index in [4.69, 9.17) is 0 Å². The molecule has 1 aliphatic heterocycles. The Labute approximate surface area is 69.0 Å². The molecule has 2 rings (SSSR count). The maximum atomic E-state index is 3.68. The second-order valence-corrected chi connectivity index (χ2v) is 4.04. The number of nitrogens with one attached hydrogen (secondary N) is 1. The second-order valence-electron chi connectivity index (χ2n) is 4.04. The van der Waals surface area contributed by atoms with Crippen molar-refractivity contribution in [3.63, 3.8) is 0 Å². The molecule has 11 heavy (non-hydrogen) atoms. The third-order valence-corrected chi connectivity index (χ3v) is 2.67. The van der Waals surface area contributed by atoms with E-state index < -0.39 is 0 Å². The minimum Gasteiger partial charge on any atom is -0.310 e. The van der Waals surface area contributed by atoms with Gasteiger partial charge >= 0.3 is 0 Å². The first-order valence-electron chi connectivity index (χ1n) is 4.79. The van der Waals surface area contributed by atoms with Crippen LogP contribution >= 0.6 is 0 Å². The Balaban J connectivity index is 1.73. The minimum atomic E-state index is 0.793. The number of likely N-dealkylation sites (N-methyl/N-ethyl adjacent to an activating group) is 1. The fourth-order valence-electron chi connectivity index (χ4n) is 1.89. The first-order valence-corrected chi connectivity index (χ1v) is 4.79. The van der Waals surface area contributed by atoms with Gasteiger partial charge < -0.3 is 10.2 Å². The van der Waals surface area contributed by atoms with Crippen LogP contribution in [0, 0.1) is 0 Å². The molecule has 2 aliphatic rings. The normalized spacial score (nSPS) is 34.1. The predicted molar refractivity (Wildman–Crippen MR) is 46.7 cm³/mol. The Hall–Kier alpha value is -0.0800. The van der Waals surface area contributed by atoms with Crippen LogP contribution in [0.3, 0.4) is 0 Å². The average molecular weight is 154 g/mol. The third-order valence-electron chi connectivity index (χ3n) is 2.67. The first kappa shape index (κ1) is 7.56. The molecule has 64 valence electrons. The molecule has 1 saturated carbocycles. The van der Waals surface area contributed by atoms with Gasteiger partial charge in [-0.3, -0.25) is 0 Å². The Morgan fingerprint density at radius 3 is 2.64 bits per heavy atom. The summed E-state index contributed by atoms with van der Waals surface area (Å²) in [7, 11) is 2.22. The van der Waals surface area contributed by atoms with Crippen molar-refractivity contribution in [3.8, 4) is 0 Å². The molecule has 1 saturated heterocycles. The van der Waals surface area contributed by atoms with Crippen LogP contribution < -0.4 is 5.32 Å². The highest BCUT2D eigenvalue weighted by Gasteiger charge is 2.26. The van der Waals surface area contributed by atoms with Crippen LogP contribution in [0.1, 0.15) is 25.7 Å². The molecule has 0 unspecified atom stereocenters. The molecule has 0 spiro atoms. The molecule has 1 aliphatic carbocycles. The van der Waals surface area contributed by atoms with Gasteiger partial charge in [0, 0.05) is 18.6 Å². The van der Waals surface area contributed by atoms with E-state index in [1.807, 2.05) is 0 Å². The highest BCUT2D eigenvalue weighted by atomic mass is 15.1. The van der Waals surface area contributed by atoms with Crippen molar-refractivity contribution < 1.29 is 0 Å². The Bertz CT molecular complexity index is 130. The van der Waals surface area contributed by atoms with Crippen LogP contribution in [0.5, 0.6) is 0 Å². The van der Waals surface area contributed by atoms with Crippen LogP contribution in [-0.4, -0.2) is 37.1 Å². The summed E-state index contributed by atoms with van der Waals surface area (Å²) in [5.74, 6) is 0. The predicted octanol–water partition coefficient (Wildman–Crippen LogP) is 0.833. The highest BCUT2D eigenvalue weighted by molar-refractivity contribution is 4.87. The lowest BCUT2D eigenvalue weighted by atomic mass is 10.1. The molecule has 0 aromatic rings. The lowest BCUT2D eigenvalue weighted by Crippen LogP contribution is -2.44. The summed E-state index contributed by atoms with van der Waals surface area (Å²) in [5.41, 5.74) is 0. The van der Waals surface area contributed by atoms with Crippen molar-refractivity contribution in [1.29, 1.82) is 0 Å². The molecule has 1 heterocycles. The van der Waals surface area contributed by atoms with Gasteiger partial charge in [-0.15, -0.1) is 0 Å². The Morgan fingerprint density at radius 1 is 1.18 bits per heavy atom. The smallest absolute Gasteiger partial charge is 0.0197 e. The van der Waals surface area contributed by atoms with Gasteiger partial charge in [-0.1, -0.05) is 0 Å². The first-order chi connectivity index (χ1) is 5.34. The van der Waals surface area contributed by atoms with Crippen molar-refractivity contribution in [2.45, 2.75) is 37.8 Å². The number of nitrogens with zero attached hydrogens (tertiary/aromatic N) is 1. The lowest BCUT2D eigenvalue weighted by molar-refractivity contribution is 0.226. The molecule has 0 radical (unpaired) electrons. The van der Waals surface area contributed by atoms with Gasteiger partial charge in [0.15, 0.2) is 0 Å². The third kappa shape index (κ3) is 2.17. The quantitative estimate of drug-likeness (QED) is 0.634. The molecule has 0 aromatic heterocycles. The van der Waals surface area contributed by atoms with Gasteiger partial charge in [-0.2, -0.15) is 0 Å². The number of piperidine rings is 1. The van der Waals surface area contributed by atoms with Gasteiger partial charge in [0.1, 0.15) is 0 Å². The zero-order valence-corrected chi connectivity index (χ0v) is 7.34. The largest absolute Gasteiger partial charge is 0.310 e. The van der Waals surface area contributed by atoms with E-state index in [1.165, 1.54) is 38.8 Å². The summed E-state index contributed by atoms with van der Waals surface area (Å²) in [5, 5.41) is 3.68. The molecule has 2 nitrogen and oxygen atoms in total. The summed E-state index contributed by atoms with van der Waals surface area (Å²) < 4.78 is 0. The molecule has 2 heteroatoms. The zero-order chi connectivity index (χ0) is 7.68. The Kier molecular flexibility index (Phi) is 2.14. The van der Waals surface area contributed by atoms with Crippen LogP contribution in [0.25, 0.3) is 0 Å². The van der Waals surface area contributed by atoms with E-state index in [0.29, 0.717) is 0 Å². The van der Waals surface area contributed by atoms with Gasteiger partial charge in [0.25, 0.3) is 0 Å². The second kappa shape index (κ2) is 3.11. The molecule has 0 bridgehead atoms. The summed E-state index contributed by atoms with van der Waals surface area (Å²) in [4.78, 5) is 2.43. The van der Waals surface area contributed by atoms with Crippen molar-refractivity contribution in [2.24, 2.45) is 0 Å². The average Bonchev–Trinajstić information content (AvgIpc) is 2.71. The fourth-order valence-corrected chi connectivity index (χ4v) is 1.89. The van der Waals surface area contributed by atoms with Crippen LogP contribution in [0.15, 0.2) is 0 Å². The van der Waals surface area contributed by atoms with Gasteiger partial charge in [0.05, 0.1) is 0 Å². The number of likely N-dealkylation sites (tertiary alicyclic amines) is 1. The topological polar surface area (TPSA) is 15.3 Å². The Morgan fingerprint density at radius 2 is 2.00 bits per heavy atom. The minimum absolute atomic E-state index is 0.793. The van der Waals surface area contributed by atoms with Crippen molar-refractivity contribution in [3.05, 3.63) is 0 Å². The summed E-state index contributed by atoms with van der Waals surface area (Å²) in [6, 6.07) is 1.67. The molecule has 1 atom stereocenters. The number of hydrogen-bond donors (Lipinski definition) is 1. The summed E-state index contributed by atoms with van der Waals surface area (Å²) in [6.45, 7) is 2.55. The van der Waals surface area contributed by atoms with Crippen molar-refractivity contribution in [2.75, 3.05) is 20.1 Å². The molecule has 0 amide bonds. The molecule has 1 N–H and O–H groups in total. The van der Waals surface area contributed by atoms with Gasteiger partial charge in [0.2, 0.25) is 0 Å². The van der Waals surface area contributed by atoms with Gasteiger partial charge in [-0.05, 0) is 39.3 Å².